The van der Waals surface area contributed by atoms with Crippen molar-refractivity contribution in [2.45, 2.75) is 94.7 Å². The van der Waals surface area contributed by atoms with Crippen molar-refractivity contribution in [2.24, 2.45) is 0 Å². The Bertz CT molecular complexity index is 5250. The Balaban J connectivity index is 0.000000120. The predicted octanol–water partition coefficient (Wildman–Crippen LogP) is 29.3. The number of halogens is 16. The van der Waals surface area contributed by atoms with Gasteiger partial charge < -0.3 is 0 Å². The fourth-order valence-corrected chi connectivity index (χ4v) is 22.7. The van der Waals surface area contributed by atoms with Crippen molar-refractivity contribution < 1.29 is 0 Å². The average molecular weight is 2010 g/mol. The largest absolute Gasteiger partial charge is 0.224 e. The maximum absolute atomic E-state index is 6.26. The van der Waals surface area contributed by atoms with Crippen LogP contribution < -0.4 is 0 Å². The van der Waals surface area contributed by atoms with Gasteiger partial charge in [0.25, 0.3) is 0 Å². The summed E-state index contributed by atoms with van der Waals surface area (Å²) in [6, 6.07) is 97.0. The van der Waals surface area contributed by atoms with Crippen LogP contribution in [0.2, 0.25) is 83.5 Å². The van der Waals surface area contributed by atoms with Crippen LogP contribution >= 0.6 is 186 Å². The standard InChI is InChI=1S/4C24H16Cl4N4/c4*25-17-11-15(29-23(27)31-17)21-19(13-7-3-1-4-8-13)20(14-9-5-2-6-10-14)22(21)16-12-18(26)32-24(28)30-16/h4*1-12,19-22H/t2*19-,20-,21+,22+;2*19-,20-,21-,22+/m1010/s1. The third-order valence-corrected chi connectivity index (χ3v) is 26.8. The van der Waals surface area contributed by atoms with E-state index in [0.29, 0.717) is 41.2 Å². The van der Waals surface area contributed by atoms with Crippen LogP contribution in [0.5, 0.6) is 0 Å². The molecule has 0 bridgehead atoms. The fourth-order valence-electron chi connectivity index (χ4n) is 19.3. The van der Waals surface area contributed by atoms with E-state index >= 15 is 0 Å². The highest BCUT2D eigenvalue weighted by atomic mass is 35.5. The van der Waals surface area contributed by atoms with Gasteiger partial charge in [-0.05, 0) is 186 Å². The third kappa shape index (κ3) is 20.2. The number of hydrogen-bond acceptors (Lipinski definition) is 16. The number of hydrogen-bond donors (Lipinski definition) is 0. The molecule has 0 aliphatic heterocycles. The van der Waals surface area contributed by atoms with Gasteiger partial charge in [0.1, 0.15) is 41.2 Å². The van der Waals surface area contributed by atoms with Gasteiger partial charge in [-0.2, -0.15) is 0 Å². The molecule has 8 aromatic carbocycles. The van der Waals surface area contributed by atoms with Crippen molar-refractivity contribution in [1.82, 2.24) is 79.7 Å². The molecule has 0 saturated heterocycles. The van der Waals surface area contributed by atoms with Gasteiger partial charge in [0, 0.05) is 94.7 Å². The van der Waals surface area contributed by atoms with Gasteiger partial charge in [-0.1, -0.05) is 335 Å². The summed E-state index contributed by atoms with van der Waals surface area (Å²) in [5.74, 6) is 0.339. The molecular formula is C96H64Cl16N16. The molecule has 0 unspecified atom stereocenters. The summed E-state index contributed by atoms with van der Waals surface area (Å²) in [7, 11) is 0. The molecule has 0 amide bonds. The number of benzene rings is 8. The average Bonchev–Trinajstić information content (AvgIpc) is 0.728. The van der Waals surface area contributed by atoms with Gasteiger partial charge >= 0.3 is 0 Å². The first-order valence-electron chi connectivity index (χ1n) is 40.0. The summed E-state index contributed by atoms with van der Waals surface area (Å²) >= 11 is 99.6. The fraction of sp³-hybridized carbons (Fsp3) is 0.167. The van der Waals surface area contributed by atoms with Crippen LogP contribution in [0, 0.1) is 0 Å². The summed E-state index contributed by atoms with van der Waals surface area (Å²) in [5.41, 5.74) is 15.6. The van der Waals surface area contributed by atoms with E-state index in [0.717, 1.165) is 45.6 Å². The normalized spacial score (nSPS) is 22.4. The lowest BCUT2D eigenvalue weighted by molar-refractivity contribution is 0.220. The molecule has 640 valence electrons. The van der Waals surface area contributed by atoms with Crippen molar-refractivity contribution in [3.05, 3.63) is 465 Å². The molecule has 4 aliphatic carbocycles. The van der Waals surface area contributed by atoms with Crippen LogP contribution in [0.25, 0.3) is 0 Å². The molecule has 32 heteroatoms. The van der Waals surface area contributed by atoms with Crippen molar-refractivity contribution in [3.63, 3.8) is 0 Å². The van der Waals surface area contributed by atoms with Crippen LogP contribution in [0.1, 0.15) is 185 Å². The minimum atomic E-state index is -0.0670. The highest BCUT2D eigenvalue weighted by Gasteiger charge is 2.59. The lowest BCUT2D eigenvalue weighted by Crippen LogP contribution is -2.41. The Hall–Kier alpha value is -8.96. The van der Waals surface area contributed by atoms with Crippen LogP contribution in [0.3, 0.4) is 0 Å². The molecule has 16 atom stereocenters. The molecule has 8 aromatic heterocycles. The van der Waals surface area contributed by atoms with Gasteiger partial charge in [-0.25, -0.2) is 79.7 Å². The predicted molar refractivity (Wildman–Crippen MR) is 512 cm³/mol. The molecule has 16 aromatic rings. The van der Waals surface area contributed by atoms with Crippen molar-refractivity contribution >= 4 is 186 Å². The summed E-state index contributed by atoms with van der Waals surface area (Å²) in [4.78, 5) is 68.6. The molecule has 4 aliphatic rings. The SMILES string of the molecule is Clc1cc([C@@H]2[C@@H](c3ccccc3)[C@H](c3ccccc3)[C@@H]2c2cc(Cl)nc(Cl)n2)nc(Cl)n1.Clc1cc([C@@H]2[C@@H](c3ccccc3)[C@H](c3ccccc3)[C@H]2c2cc(Cl)nc(Cl)n2)nc(Cl)n1.Clc1cc([C@@H]2[C@H](c3ccccc3)[C@@H](c3ccccc3)[C@@H]2c2cc(Cl)nc(Cl)n2)nc(Cl)n1.Clc1cc([C@H]2[C@H](c3ccccc3)[C@@H](c3ccccc3)[C@@H]2c2cc(Cl)nc(Cl)n2)nc(Cl)n1. The molecule has 128 heavy (non-hydrogen) atoms. The van der Waals surface area contributed by atoms with Crippen LogP contribution in [-0.2, 0) is 0 Å². The Morgan fingerprint density at radius 2 is 0.211 bits per heavy atom. The molecule has 4 saturated carbocycles. The van der Waals surface area contributed by atoms with Gasteiger partial charge in [0.15, 0.2) is 0 Å². The molecule has 0 N–H and O–H groups in total. The van der Waals surface area contributed by atoms with E-state index in [1.54, 1.807) is 48.5 Å². The lowest BCUT2D eigenvalue weighted by atomic mass is 9.50. The van der Waals surface area contributed by atoms with E-state index in [2.05, 4.69) is 177 Å². The first-order chi connectivity index (χ1) is 62.0. The van der Waals surface area contributed by atoms with E-state index in [1.165, 1.54) is 44.5 Å². The van der Waals surface area contributed by atoms with E-state index in [9.17, 15) is 0 Å². The van der Waals surface area contributed by atoms with Crippen molar-refractivity contribution in [3.8, 4) is 0 Å². The molecular weight excluding hydrogens is 1940 g/mol. The molecule has 16 nitrogen and oxygen atoms in total. The van der Waals surface area contributed by atoms with Gasteiger partial charge in [0.05, 0.1) is 45.6 Å². The zero-order valence-electron chi connectivity index (χ0n) is 66.2. The second-order valence-corrected chi connectivity index (χ2v) is 36.6. The Morgan fingerprint density at radius 1 is 0.117 bits per heavy atom. The molecule has 0 spiro atoms. The summed E-state index contributed by atoms with van der Waals surface area (Å²) < 4.78 is 0. The summed E-state index contributed by atoms with van der Waals surface area (Å²) in [6.45, 7) is 0. The second-order valence-electron chi connectivity index (χ2n) is 30.8. The highest BCUT2D eigenvalue weighted by molar-refractivity contribution is 6.35. The molecule has 8 heterocycles. The Kier molecular flexibility index (Phi) is 29.0. The van der Waals surface area contributed by atoms with Crippen molar-refractivity contribution in [2.75, 3.05) is 0 Å². The smallest absolute Gasteiger partial charge is 0.223 e. The molecule has 4 fully saturated rings. The van der Waals surface area contributed by atoms with E-state index in [4.69, 9.17) is 186 Å². The Labute approximate surface area is 816 Å². The number of rotatable bonds is 16. The quantitative estimate of drug-likeness (QED) is 0.0651. The highest BCUT2D eigenvalue weighted by Crippen LogP contribution is 2.70. The molecule has 0 radical (unpaired) electrons. The van der Waals surface area contributed by atoms with Crippen LogP contribution in [-0.4, -0.2) is 79.7 Å². The van der Waals surface area contributed by atoms with Crippen LogP contribution in [0.15, 0.2) is 291 Å². The van der Waals surface area contributed by atoms with Gasteiger partial charge in [-0.3, -0.25) is 0 Å². The minimum Gasteiger partial charge on any atom is -0.223 e. The number of nitrogens with zero attached hydrogens (tertiary/aromatic N) is 16. The first kappa shape index (κ1) is 91.0. The van der Waals surface area contributed by atoms with Crippen molar-refractivity contribution in [1.29, 1.82) is 0 Å². The third-order valence-electron chi connectivity index (χ3n) is 23.9. The summed E-state index contributed by atoms with van der Waals surface area (Å²) in [6.07, 6.45) is 0. The van der Waals surface area contributed by atoms with E-state index < -0.39 is 0 Å². The first-order valence-corrected chi connectivity index (χ1v) is 46.1. The zero-order valence-corrected chi connectivity index (χ0v) is 78.2. The topological polar surface area (TPSA) is 206 Å². The summed E-state index contributed by atoms with van der Waals surface area (Å²) in [5, 5.41) is 3.28. The lowest BCUT2D eigenvalue weighted by Gasteiger charge is -2.52. The minimum absolute atomic E-state index is 0.0670. The molecule has 20 rings (SSSR count). The van der Waals surface area contributed by atoms with Gasteiger partial charge in [0.2, 0.25) is 42.3 Å². The second kappa shape index (κ2) is 40.8. The maximum atomic E-state index is 6.26. The van der Waals surface area contributed by atoms with Crippen LogP contribution in [0.4, 0.5) is 0 Å². The number of aromatic nitrogens is 16. The maximum Gasteiger partial charge on any atom is 0.224 e. The van der Waals surface area contributed by atoms with E-state index in [1.807, 2.05) is 146 Å². The van der Waals surface area contributed by atoms with Gasteiger partial charge in [-0.15, -0.1) is 0 Å². The Morgan fingerprint density at radius 3 is 0.297 bits per heavy atom. The zero-order chi connectivity index (χ0) is 89.0. The monoisotopic (exact) mass is 2000 g/mol. The van der Waals surface area contributed by atoms with E-state index in [-0.39, 0.29) is 137 Å².